The lowest BCUT2D eigenvalue weighted by Gasteiger charge is -2.12. The summed E-state index contributed by atoms with van der Waals surface area (Å²) in [6.07, 6.45) is 0. The molecular weight excluding hydrogens is 358 g/mol. The highest BCUT2D eigenvalue weighted by molar-refractivity contribution is 8.93. The van der Waals surface area contributed by atoms with Crippen LogP contribution in [-0.2, 0) is 0 Å². The van der Waals surface area contributed by atoms with Crippen molar-refractivity contribution in [2.45, 2.75) is 0 Å². The predicted octanol–water partition coefficient (Wildman–Crippen LogP) is 5.20. The van der Waals surface area contributed by atoms with E-state index in [-0.39, 0.29) is 17.0 Å². The number of halogens is 1. The molecule has 0 aliphatic rings. The normalized spacial score (nSPS) is 9.91. The Morgan fingerprint density at radius 3 is 2.27 bits per heavy atom. The minimum atomic E-state index is 0. The summed E-state index contributed by atoms with van der Waals surface area (Å²) in [5, 5.41) is 6.33. The van der Waals surface area contributed by atoms with Gasteiger partial charge in [0, 0.05) is 36.4 Å². The fourth-order valence-corrected chi connectivity index (χ4v) is 2.78. The van der Waals surface area contributed by atoms with Crippen LogP contribution < -0.4 is 10.2 Å². The molecule has 22 heavy (non-hydrogen) atoms. The Kier molecular flexibility index (Phi) is 5.57. The molecule has 2 aromatic carbocycles. The van der Waals surface area contributed by atoms with E-state index in [1.165, 1.54) is 5.69 Å². The van der Waals surface area contributed by atoms with Gasteiger partial charge in [-0.15, -0.1) is 28.3 Å². The number of benzene rings is 2. The fourth-order valence-electron chi connectivity index (χ4n) is 2.04. The van der Waals surface area contributed by atoms with E-state index in [4.69, 9.17) is 0 Å². The summed E-state index contributed by atoms with van der Waals surface area (Å²) in [5.74, 6) is 0. The van der Waals surface area contributed by atoms with E-state index in [0.29, 0.717) is 0 Å². The molecular formula is C17H18BrN3S. The Balaban J connectivity index is 0.00000176. The summed E-state index contributed by atoms with van der Waals surface area (Å²) < 4.78 is 0. The molecule has 0 unspecified atom stereocenters. The summed E-state index contributed by atoms with van der Waals surface area (Å²) in [6.45, 7) is 0. The molecule has 3 rings (SSSR count). The molecule has 114 valence electrons. The van der Waals surface area contributed by atoms with Crippen molar-refractivity contribution in [1.29, 1.82) is 0 Å². The van der Waals surface area contributed by atoms with Crippen LogP contribution in [0.25, 0.3) is 11.3 Å². The highest BCUT2D eigenvalue weighted by Gasteiger charge is 2.04. The van der Waals surface area contributed by atoms with Crippen LogP contribution in [0.3, 0.4) is 0 Å². The molecule has 3 nitrogen and oxygen atoms in total. The summed E-state index contributed by atoms with van der Waals surface area (Å²) >= 11 is 1.62. The molecule has 0 fully saturated rings. The van der Waals surface area contributed by atoms with Crippen LogP contribution in [0.5, 0.6) is 0 Å². The number of rotatable bonds is 4. The van der Waals surface area contributed by atoms with E-state index in [0.717, 1.165) is 22.1 Å². The van der Waals surface area contributed by atoms with Gasteiger partial charge in [0.05, 0.1) is 5.69 Å². The van der Waals surface area contributed by atoms with Gasteiger partial charge in [0.15, 0.2) is 5.13 Å². The zero-order valence-corrected chi connectivity index (χ0v) is 15.0. The Bertz CT molecular complexity index is 708. The van der Waals surface area contributed by atoms with Crippen LogP contribution in [0.2, 0.25) is 0 Å². The number of hydrogen-bond donors (Lipinski definition) is 1. The molecule has 0 atom stereocenters. The van der Waals surface area contributed by atoms with E-state index in [1.807, 2.05) is 32.3 Å². The van der Waals surface area contributed by atoms with Crippen molar-refractivity contribution in [2.24, 2.45) is 0 Å². The van der Waals surface area contributed by atoms with E-state index in [2.05, 4.69) is 57.0 Å². The second-order valence-corrected chi connectivity index (χ2v) is 5.83. The van der Waals surface area contributed by atoms with Crippen molar-refractivity contribution in [3.63, 3.8) is 0 Å². The third kappa shape index (κ3) is 3.87. The van der Waals surface area contributed by atoms with Crippen molar-refractivity contribution in [2.75, 3.05) is 24.3 Å². The molecule has 0 amide bonds. The molecule has 1 aromatic heterocycles. The first-order valence-corrected chi connectivity index (χ1v) is 7.66. The van der Waals surface area contributed by atoms with Crippen LogP contribution in [0.4, 0.5) is 16.5 Å². The van der Waals surface area contributed by atoms with E-state index >= 15 is 0 Å². The number of thiazole rings is 1. The molecule has 5 heteroatoms. The number of nitrogens with zero attached hydrogens (tertiary/aromatic N) is 2. The van der Waals surface area contributed by atoms with Crippen molar-refractivity contribution in [3.05, 3.63) is 60.0 Å². The van der Waals surface area contributed by atoms with Gasteiger partial charge in [-0.2, -0.15) is 0 Å². The lowest BCUT2D eigenvalue weighted by Crippen LogP contribution is -2.08. The maximum atomic E-state index is 4.63. The first kappa shape index (κ1) is 16.5. The molecule has 1 heterocycles. The van der Waals surface area contributed by atoms with E-state index < -0.39 is 0 Å². The summed E-state index contributed by atoms with van der Waals surface area (Å²) in [7, 11) is 4.07. The molecule has 3 aromatic rings. The minimum Gasteiger partial charge on any atom is -0.378 e. The van der Waals surface area contributed by atoms with Gasteiger partial charge in [-0.1, -0.05) is 30.3 Å². The van der Waals surface area contributed by atoms with Crippen molar-refractivity contribution >= 4 is 44.8 Å². The van der Waals surface area contributed by atoms with Crippen molar-refractivity contribution in [3.8, 4) is 11.3 Å². The Morgan fingerprint density at radius 2 is 1.64 bits per heavy atom. The standard InChI is InChI=1S/C17H17N3S.BrH/c1-20(2)15-10-8-14(9-11-15)18-17-19-16(12-21-17)13-6-4-3-5-7-13;/h3-12H,1-2H3,(H,18,19);1H. The summed E-state index contributed by atoms with van der Waals surface area (Å²) in [5.41, 5.74) is 4.39. The number of nitrogens with one attached hydrogen (secondary N) is 1. The second-order valence-electron chi connectivity index (χ2n) is 4.97. The van der Waals surface area contributed by atoms with Crippen LogP contribution in [0.1, 0.15) is 0 Å². The molecule has 0 saturated heterocycles. The molecule has 0 radical (unpaired) electrons. The van der Waals surface area contributed by atoms with Crippen LogP contribution in [-0.4, -0.2) is 19.1 Å². The van der Waals surface area contributed by atoms with Gasteiger partial charge in [-0.3, -0.25) is 0 Å². The molecule has 0 bridgehead atoms. The van der Waals surface area contributed by atoms with Crippen LogP contribution in [0.15, 0.2) is 60.0 Å². The largest absolute Gasteiger partial charge is 0.378 e. The molecule has 1 N–H and O–H groups in total. The highest BCUT2D eigenvalue weighted by atomic mass is 79.9. The third-order valence-corrected chi connectivity index (χ3v) is 3.97. The highest BCUT2D eigenvalue weighted by Crippen LogP contribution is 2.27. The predicted molar refractivity (Wildman–Crippen MR) is 102 cm³/mol. The molecule has 0 spiro atoms. The quantitative estimate of drug-likeness (QED) is 0.679. The molecule has 0 saturated carbocycles. The summed E-state index contributed by atoms with van der Waals surface area (Å²) in [4.78, 5) is 6.71. The van der Waals surface area contributed by atoms with Gasteiger partial charge >= 0.3 is 0 Å². The zero-order valence-electron chi connectivity index (χ0n) is 12.5. The van der Waals surface area contributed by atoms with Gasteiger partial charge in [-0.05, 0) is 24.3 Å². The smallest absolute Gasteiger partial charge is 0.187 e. The molecule has 0 aliphatic carbocycles. The van der Waals surface area contributed by atoms with Gasteiger partial charge in [-0.25, -0.2) is 4.98 Å². The topological polar surface area (TPSA) is 28.2 Å². The number of aromatic nitrogens is 1. The summed E-state index contributed by atoms with van der Waals surface area (Å²) in [6, 6.07) is 18.5. The van der Waals surface area contributed by atoms with Crippen LogP contribution >= 0.6 is 28.3 Å². The van der Waals surface area contributed by atoms with Gasteiger partial charge < -0.3 is 10.2 Å². The average molecular weight is 376 g/mol. The van der Waals surface area contributed by atoms with Gasteiger partial charge in [0.25, 0.3) is 0 Å². The monoisotopic (exact) mass is 375 g/mol. The number of hydrogen-bond acceptors (Lipinski definition) is 4. The first-order valence-electron chi connectivity index (χ1n) is 6.78. The maximum absolute atomic E-state index is 4.63. The van der Waals surface area contributed by atoms with Crippen molar-refractivity contribution < 1.29 is 0 Å². The third-order valence-electron chi connectivity index (χ3n) is 3.21. The number of anilines is 3. The Labute approximate surface area is 145 Å². The lowest BCUT2D eigenvalue weighted by atomic mass is 10.2. The zero-order chi connectivity index (χ0) is 14.7. The first-order chi connectivity index (χ1) is 10.2. The fraction of sp³-hybridized carbons (Fsp3) is 0.118. The maximum Gasteiger partial charge on any atom is 0.187 e. The van der Waals surface area contributed by atoms with E-state index in [9.17, 15) is 0 Å². The van der Waals surface area contributed by atoms with E-state index in [1.54, 1.807) is 11.3 Å². The lowest BCUT2D eigenvalue weighted by molar-refractivity contribution is 1.13. The minimum absolute atomic E-state index is 0. The second kappa shape index (κ2) is 7.42. The Hall–Kier alpha value is -1.85. The van der Waals surface area contributed by atoms with Gasteiger partial charge in [0.1, 0.15) is 0 Å². The van der Waals surface area contributed by atoms with Gasteiger partial charge in [0.2, 0.25) is 0 Å². The Morgan fingerprint density at radius 1 is 0.955 bits per heavy atom. The van der Waals surface area contributed by atoms with Crippen molar-refractivity contribution in [1.82, 2.24) is 4.98 Å². The molecule has 0 aliphatic heterocycles. The average Bonchev–Trinajstić information content (AvgIpc) is 2.97. The SMILES string of the molecule is Br.CN(C)c1ccc(Nc2nc(-c3ccccc3)cs2)cc1. The van der Waals surface area contributed by atoms with Crippen LogP contribution in [0, 0.1) is 0 Å².